The second kappa shape index (κ2) is 30.0. The van der Waals surface area contributed by atoms with E-state index >= 15 is 0 Å². The van der Waals surface area contributed by atoms with Crippen LogP contribution in [0.25, 0.3) is 0 Å². The summed E-state index contributed by atoms with van der Waals surface area (Å²) in [4.78, 5) is 1.94. The Bertz CT molecular complexity index is 363. The van der Waals surface area contributed by atoms with E-state index in [-0.39, 0.29) is 17.0 Å². The summed E-state index contributed by atoms with van der Waals surface area (Å²) in [6.07, 6.45) is 41.5. The highest BCUT2D eigenvalue weighted by Crippen LogP contribution is 2.17. The van der Waals surface area contributed by atoms with Crippen LogP contribution < -0.4 is 21.9 Å². The normalized spacial score (nSPS) is 17.5. The maximum atomic E-state index is 2.31. The molecule has 0 aromatic carbocycles. The molecule has 0 bridgehead atoms. The number of likely N-dealkylation sites (tertiary alicyclic amines) is 1. The molecule has 218 valence electrons. The Morgan fingerprint density at radius 3 is 1.17 bits per heavy atom. The van der Waals surface area contributed by atoms with Crippen molar-refractivity contribution in [1.82, 2.24) is 0 Å². The molecule has 0 aromatic rings. The van der Waals surface area contributed by atoms with Crippen molar-refractivity contribution in [3.05, 3.63) is 0 Å². The number of quaternary nitrogens is 1. The van der Waals surface area contributed by atoms with Crippen molar-refractivity contribution in [3.63, 3.8) is 0 Å². The Morgan fingerprint density at radius 2 is 0.778 bits per heavy atom. The fourth-order valence-corrected chi connectivity index (χ4v) is 6.34. The van der Waals surface area contributed by atoms with Gasteiger partial charge >= 0.3 is 0 Å². The fourth-order valence-electron chi connectivity index (χ4n) is 6.34. The van der Waals surface area contributed by atoms with E-state index in [2.05, 4.69) is 13.8 Å². The molecule has 2 unspecified atom stereocenters. The molecule has 0 spiro atoms. The minimum atomic E-state index is 0. The molecule has 1 heterocycles. The molecule has 1 aliphatic heterocycles. The first-order chi connectivity index (χ1) is 17.4. The first-order valence-corrected chi connectivity index (χ1v) is 17.2. The predicted octanol–water partition coefficient (Wildman–Crippen LogP) is 7.47. The van der Waals surface area contributed by atoms with Gasteiger partial charge in [0, 0.05) is 12.3 Å². The summed E-state index contributed by atoms with van der Waals surface area (Å²) >= 11 is 0. The van der Waals surface area contributed by atoms with Crippen LogP contribution in [-0.2, 0) is 0 Å². The van der Waals surface area contributed by atoms with Gasteiger partial charge < -0.3 is 21.9 Å². The molecule has 36 heavy (non-hydrogen) atoms. The van der Waals surface area contributed by atoms with E-state index in [1.807, 2.05) is 4.90 Å². The van der Waals surface area contributed by atoms with Crippen molar-refractivity contribution in [2.75, 3.05) is 19.6 Å². The predicted molar refractivity (Wildman–Crippen MR) is 160 cm³/mol. The molecule has 2 atom stereocenters. The molecule has 0 aliphatic carbocycles. The maximum absolute atomic E-state index is 2.31. The van der Waals surface area contributed by atoms with Crippen molar-refractivity contribution in [1.29, 1.82) is 0 Å². The Kier molecular flexibility index (Phi) is 30.4. The monoisotopic (exact) mass is 571 g/mol. The minimum absolute atomic E-state index is 0. The van der Waals surface area contributed by atoms with Crippen LogP contribution in [0.5, 0.6) is 0 Å². The highest BCUT2D eigenvalue weighted by atomic mass is 79.9. The summed E-state index contributed by atoms with van der Waals surface area (Å²) in [5.74, 6) is 1.06. The lowest BCUT2D eigenvalue weighted by atomic mass is 9.99. The molecule has 1 rings (SSSR count). The minimum Gasteiger partial charge on any atom is -1.00 e. The van der Waals surface area contributed by atoms with E-state index in [0.29, 0.717) is 0 Å². The lowest BCUT2D eigenvalue weighted by Gasteiger charge is -2.13. The zero-order valence-electron chi connectivity index (χ0n) is 25.4. The zero-order valence-corrected chi connectivity index (χ0v) is 27.0. The van der Waals surface area contributed by atoms with Crippen molar-refractivity contribution >= 4 is 0 Å². The van der Waals surface area contributed by atoms with E-state index in [4.69, 9.17) is 0 Å². The summed E-state index contributed by atoms with van der Waals surface area (Å²) in [6.45, 7) is 9.06. The number of hydrogen-bond acceptors (Lipinski definition) is 0. The molecule has 0 saturated carbocycles. The van der Waals surface area contributed by atoms with Gasteiger partial charge in [-0.25, -0.2) is 0 Å². The quantitative estimate of drug-likeness (QED) is 0.0928. The van der Waals surface area contributed by atoms with Crippen LogP contribution in [0.2, 0.25) is 0 Å². The first kappa shape index (κ1) is 36.4. The van der Waals surface area contributed by atoms with Crippen molar-refractivity contribution in [2.24, 2.45) is 5.92 Å². The molecule has 1 aliphatic rings. The van der Waals surface area contributed by atoms with Crippen LogP contribution in [0.1, 0.15) is 194 Å². The van der Waals surface area contributed by atoms with Gasteiger partial charge in [0.15, 0.2) is 0 Å². The third-order valence-corrected chi connectivity index (χ3v) is 8.83. The van der Waals surface area contributed by atoms with Gasteiger partial charge in [0.05, 0.1) is 19.6 Å². The van der Waals surface area contributed by atoms with Gasteiger partial charge in [0.1, 0.15) is 0 Å². The lowest BCUT2D eigenvalue weighted by Crippen LogP contribution is -3.10. The average Bonchev–Trinajstić information content (AvgIpc) is 3.32. The zero-order chi connectivity index (χ0) is 25.1. The van der Waals surface area contributed by atoms with Crippen LogP contribution >= 0.6 is 0 Å². The van der Waals surface area contributed by atoms with Gasteiger partial charge in [-0.15, -0.1) is 0 Å². The van der Waals surface area contributed by atoms with Gasteiger partial charge in [0.25, 0.3) is 0 Å². The van der Waals surface area contributed by atoms with Crippen LogP contribution in [0, 0.1) is 5.92 Å². The molecule has 0 aromatic heterocycles. The summed E-state index contributed by atoms with van der Waals surface area (Å²) < 4.78 is 0. The second-order valence-electron chi connectivity index (χ2n) is 12.4. The Labute approximate surface area is 240 Å². The molecule has 2 heteroatoms. The van der Waals surface area contributed by atoms with Gasteiger partial charge in [-0.3, -0.25) is 0 Å². The summed E-state index contributed by atoms with van der Waals surface area (Å²) in [5, 5.41) is 0. The third kappa shape index (κ3) is 24.8. The SMILES string of the molecule is CCCCCCCCCCCCCCCC1CC[NH+](CCCCCCCCCCCCCCC)C1.[Br-]. The first-order valence-electron chi connectivity index (χ1n) is 17.2. The fraction of sp³-hybridized carbons (Fsp3) is 1.00. The molecule has 0 amide bonds. The summed E-state index contributed by atoms with van der Waals surface area (Å²) in [5.41, 5.74) is 0. The molecular weight excluding hydrogens is 502 g/mol. The van der Waals surface area contributed by atoms with Gasteiger partial charge in [0.2, 0.25) is 0 Å². The summed E-state index contributed by atoms with van der Waals surface area (Å²) in [7, 11) is 0. The van der Waals surface area contributed by atoms with E-state index in [9.17, 15) is 0 Å². The number of unbranched alkanes of at least 4 members (excludes halogenated alkanes) is 24. The average molecular weight is 573 g/mol. The molecule has 1 N–H and O–H groups in total. The number of nitrogens with one attached hydrogen (secondary N) is 1. The molecule has 1 fully saturated rings. The number of halogens is 1. The number of rotatable bonds is 28. The maximum Gasteiger partial charge on any atom is 0.0801 e. The molecule has 1 nitrogen and oxygen atoms in total. The third-order valence-electron chi connectivity index (χ3n) is 8.83. The number of hydrogen-bond donors (Lipinski definition) is 1. The standard InChI is InChI=1S/C34H69N.BrH/c1-3-5-7-9-11-13-15-17-19-21-23-25-27-29-34-30-32-35(33-34)31-28-26-24-22-20-18-16-14-12-10-8-6-4-2;/h34H,3-33H2,1-2H3;1H. The Hall–Kier alpha value is 0.440. The van der Waals surface area contributed by atoms with E-state index < -0.39 is 0 Å². The van der Waals surface area contributed by atoms with Crippen molar-refractivity contribution in [2.45, 2.75) is 194 Å². The van der Waals surface area contributed by atoms with Crippen LogP contribution in [0.3, 0.4) is 0 Å². The molecule has 1 saturated heterocycles. The topological polar surface area (TPSA) is 4.44 Å². The Balaban J connectivity index is 0.0000122. The Morgan fingerprint density at radius 1 is 0.444 bits per heavy atom. The van der Waals surface area contributed by atoms with Crippen LogP contribution in [0.15, 0.2) is 0 Å². The van der Waals surface area contributed by atoms with Crippen LogP contribution in [0.4, 0.5) is 0 Å². The highest BCUT2D eigenvalue weighted by molar-refractivity contribution is 4.63. The lowest BCUT2D eigenvalue weighted by molar-refractivity contribution is -0.889. The van der Waals surface area contributed by atoms with Crippen molar-refractivity contribution < 1.29 is 21.9 Å². The molecule has 0 radical (unpaired) electrons. The smallest absolute Gasteiger partial charge is 0.0801 e. The van der Waals surface area contributed by atoms with E-state index in [1.165, 1.54) is 199 Å². The summed E-state index contributed by atoms with van der Waals surface area (Å²) in [6, 6.07) is 0. The van der Waals surface area contributed by atoms with Gasteiger partial charge in [-0.05, 0) is 19.3 Å². The molecular formula is C34H70BrN. The highest BCUT2D eigenvalue weighted by Gasteiger charge is 2.24. The van der Waals surface area contributed by atoms with Crippen LogP contribution in [-0.4, -0.2) is 19.6 Å². The van der Waals surface area contributed by atoms with E-state index in [0.717, 1.165) is 5.92 Å². The van der Waals surface area contributed by atoms with Gasteiger partial charge in [-0.1, -0.05) is 168 Å². The van der Waals surface area contributed by atoms with Gasteiger partial charge in [-0.2, -0.15) is 0 Å². The largest absolute Gasteiger partial charge is 1.00 e. The second-order valence-corrected chi connectivity index (χ2v) is 12.4. The van der Waals surface area contributed by atoms with Crippen molar-refractivity contribution in [3.8, 4) is 0 Å². The van der Waals surface area contributed by atoms with E-state index in [1.54, 1.807) is 0 Å².